The highest BCUT2D eigenvalue weighted by molar-refractivity contribution is 6.06. The summed E-state index contributed by atoms with van der Waals surface area (Å²) in [6.07, 6.45) is 0. The molecule has 144 valence electrons. The van der Waals surface area contributed by atoms with E-state index in [4.69, 9.17) is 0 Å². The van der Waals surface area contributed by atoms with Gasteiger partial charge in [-0.1, -0.05) is 30.3 Å². The largest absolute Gasteiger partial charge is 0.290 e. The predicted molar refractivity (Wildman–Crippen MR) is 107 cm³/mol. The number of fused-ring (bicyclic) bond motifs is 1. The van der Waals surface area contributed by atoms with E-state index in [-0.39, 0.29) is 17.3 Å². The van der Waals surface area contributed by atoms with Gasteiger partial charge in [-0.3, -0.25) is 25.2 Å². The molecule has 2 amide bonds. The molecule has 7 nitrogen and oxygen atoms in total. The van der Waals surface area contributed by atoms with E-state index in [1.54, 1.807) is 36.4 Å². The van der Waals surface area contributed by atoms with Gasteiger partial charge in [-0.25, -0.2) is 4.68 Å². The molecule has 0 unspecified atom stereocenters. The molecule has 1 aromatic heterocycles. The molecule has 28 heavy (non-hydrogen) atoms. The third kappa shape index (κ3) is 3.51. The van der Waals surface area contributed by atoms with Gasteiger partial charge in [0, 0.05) is 10.9 Å². The fourth-order valence-corrected chi connectivity index (χ4v) is 2.96. The predicted octanol–water partition coefficient (Wildman–Crippen LogP) is 2.67. The maximum absolute atomic E-state index is 12.7. The van der Waals surface area contributed by atoms with Crippen LogP contribution in [0.25, 0.3) is 10.8 Å². The topological polar surface area (TPSA) is 93.1 Å². The van der Waals surface area contributed by atoms with Crippen molar-refractivity contribution < 1.29 is 9.59 Å². The van der Waals surface area contributed by atoms with Crippen molar-refractivity contribution in [2.75, 3.05) is 0 Å². The molecule has 1 heterocycles. The highest BCUT2D eigenvalue weighted by atomic mass is 16.2. The minimum absolute atomic E-state index is 0.0742. The monoisotopic (exact) mass is 378 g/mol. The van der Waals surface area contributed by atoms with E-state index in [0.29, 0.717) is 16.3 Å². The van der Waals surface area contributed by atoms with E-state index in [2.05, 4.69) is 16.0 Å². The molecule has 0 aliphatic heterocycles. The van der Waals surface area contributed by atoms with Crippen molar-refractivity contribution in [3.63, 3.8) is 0 Å². The van der Waals surface area contributed by atoms with Crippen LogP contribution in [-0.2, 0) is 0 Å². The SMILES string of the molecule is Cc1cccc(C(=O)NNC(=O)c2nn(C(C)C)c(=O)c3ccccc23)c1C. The van der Waals surface area contributed by atoms with Gasteiger partial charge in [0.05, 0.1) is 11.4 Å². The molecule has 0 saturated carbocycles. The summed E-state index contributed by atoms with van der Waals surface area (Å²) in [4.78, 5) is 37.7. The third-order valence-corrected chi connectivity index (χ3v) is 4.67. The number of carbonyl (C=O) groups is 2. The van der Waals surface area contributed by atoms with Crippen LogP contribution < -0.4 is 16.4 Å². The Kier molecular flexibility index (Phi) is 5.26. The maximum Gasteiger partial charge on any atom is 0.290 e. The average Bonchev–Trinajstić information content (AvgIpc) is 2.68. The zero-order valence-corrected chi connectivity index (χ0v) is 16.2. The summed E-state index contributed by atoms with van der Waals surface area (Å²) >= 11 is 0. The molecular formula is C21H22N4O3. The second-order valence-electron chi connectivity index (χ2n) is 6.89. The molecule has 0 radical (unpaired) electrons. The van der Waals surface area contributed by atoms with Gasteiger partial charge in [-0.15, -0.1) is 0 Å². The Morgan fingerprint density at radius 2 is 1.57 bits per heavy atom. The molecule has 7 heteroatoms. The Labute approximate surface area is 162 Å². The van der Waals surface area contributed by atoms with Crippen molar-refractivity contribution in [2.24, 2.45) is 0 Å². The molecule has 0 fully saturated rings. The lowest BCUT2D eigenvalue weighted by Gasteiger charge is -2.14. The molecule has 2 aromatic carbocycles. The van der Waals surface area contributed by atoms with Gasteiger partial charge in [0.2, 0.25) is 0 Å². The second kappa shape index (κ2) is 7.64. The van der Waals surface area contributed by atoms with Gasteiger partial charge < -0.3 is 0 Å². The Hall–Kier alpha value is -3.48. The first-order chi connectivity index (χ1) is 13.3. The van der Waals surface area contributed by atoms with Crippen LogP contribution in [0.3, 0.4) is 0 Å². The molecule has 0 saturated heterocycles. The fourth-order valence-electron chi connectivity index (χ4n) is 2.96. The molecule has 0 spiro atoms. The Balaban J connectivity index is 1.92. The summed E-state index contributed by atoms with van der Waals surface area (Å²) in [6, 6.07) is 12.0. The van der Waals surface area contributed by atoms with E-state index >= 15 is 0 Å². The number of benzene rings is 2. The molecule has 0 aliphatic rings. The quantitative estimate of drug-likeness (QED) is 0.685. The standard InChI is InChI=1S/C21H22N4O3/c1-12(2)25-21(28)17-10-6-5-9-16(17)18(24-25)20(27)23-22-19(26)15-11-7-8-13(3)14(15)4/h5-12H,1-4H3,(H,22,26)(H,23,27). The second-order valence-corrected chi connectivity index (χ2v) is 6.89. The smallest absolute Gasteiger partial charge is 0.267 e. The number of hydrogen-bond donors (Lipinski definition) is 2. The Bertz CT molecular complexity index is 1130. The number of aryl methyl sites for hydroxylation is 1. The summed E-state index contributed by atoms with van der Waals surface area (Å²) in [5, 5.41) is 5.06. The van der Waals surface area contributed by atoms with Gasteiger partial charge in [-0.05, 0) is 51.0 Å². The summed E-state index contributed by atoms with van der Waals surface area (Å²) in [6.45, 7) is 7.38. The highest BCUT2D eigenvalue weighted by Gasteiger charge is 2.19. The Morgan fingerprint density at radius 3 is 2.25 bits per heavy atom. The molecule has 3 rings (SSSR count). The lowest BCUT2D eigenvalue weighted by molar-refractivity contribution is 0.0843. The van der Waals surface area contributed by atoms with Crippen LogP contribution in [-0.4, -0.2) is 21.6 Å². The number of hydrazine groups is 1. The summed E-state index contributed by atoms with van der Waals surface area (Å²) < 4.78 is 1.27. The lowest BCUT2D eigenvalue weighted by Crippen LogP contribution is -2.43. The van der Waals surface area contributed by atoms with Crippen LogP contribution in [0.2, 0.25) is 0 Å². The van der Waals surface area contributed by atoms with E-state index in [1.165, 1.54) is 4.68 Å². The van der Waals surface area contributed by atoms with Crippen molar-refractivity contribution >= 4 is 22.6 Å². The fraction of sp³-hybridized carbons (Fsp3) is 0.238. The molecular weight excluding hydrogens is 356 g/mol. The zero-order chi connectivity index (χ0) is 20.4. The molecule has 0 bridgehead atoms. The molecule has 3 aromatic rings. The van der Waals surface area contributed by atoms with Crippen LogP contribution in [0.5, 0.6) is 0 Å². The molecule has 2 N–H and O–H groups in total. The molecule has 0 aliphatic carbocycles. The first-order valence-electron chi connectivity index (χ1n) is 8.99. The van der Waals surface area contributed by atoms with Crippen LogP contribution in [0.4, 0.5) is 0 Å². The number of nitrogens with zero attached hydrogens (tertiary/aromatic N) is 2. The van der Waals surface area contributed by atoms with Crippen molar-refractivity contribution in [1.82, 2.24) is 20.6 Å². The average molecular weight is 378 g/mol. The van der Waals surface area contributed by atoms with Crippen LogP contribution >= 0.6 is 0 Å². The van der Waals surface area contributed by atoms with E-state index in [9.17, 15) is 14.4 Å². The van der Waals surface area contributed by atoms with Crippen LogP contribution in [0.15, 0.2) is 47.3 Å². The third-order valence-electron chi connectivity index (χ3n) is 4.67. The van der Waals surface area contributed by atoms with Crippen molar-refractivity contribution in [2.45, 2.75) is 33.7 Å². The zero-order valence-electron chi connectivity index (χ0n) is 16.2. The van der Waals surface area contributed by atoms with Crippen molar-refractivity contribution in [1.29, 1.82) is 0 Å². The van der Waals surface area contributed by atoms with E-state index in [1.807, 2.05) is 33.8 Å². The van der Waals surface area contributed by atoms with Gasteiger partial charge in [-0.2, -0.15) is 5.10 Å². The van der Waals surface area contributed by atoms with Crippen molar-refractivity contribution in [3.05, 3.63) is 75.2 Å². The normalized spacial score (nSPS) is 10.9. The van der Waals surface area contributed by atoms with Gasteiger partial charge in [0.25, 0.3) is 17.4 Å². The number of nitrogens with one attached hydrogen (secondary N) is 2. The summed E-state index contributed by atoms with van der Waals surface area (Å²) in [5.41, 5.74) is 6.94. The minimum atomic E-state index is -0.593. The number of amides is 2. The number of carbonyl (C=O) groups excluding carboxylic acids is 2. The summed E-state index contributed by atoms with van der Waals surface area (Å²) in [7, 11) is 0. The minimum Gasteiger partial charge on any atom is -0.267 e. The lowest BCUT2D eigenvalue weighted by atomic mass is 10.0. The van der Waals surface area contributed by atoms with Gasteiger partial charge in [0.15, 0.2) is 5.69 Å². The highest BCUT2D eigenvalue weighted by Crippen LogP contribution is 2.15. The molecule has 0 atom stereocenters. The van der Waals surface area contributed by atoms with E-state index < -0.39 is 11.8 Å². The van der Waals surface area contributed by atoms with Crippen molar-refractivity contribution in [3.8, 4) is 0 Å². The van der Waals surface area contributed by atoms with Gasteiger partial charge in [0.1, 0.15) is 0 Å². The van der Waals surface area contributed by atoms with Gasteiger partial charge >= 0.3 is 0 Å². The van der Waals surface area contributed by atoms with Crippen LogP contribution in [0, 0.1) is 13.8 Å². The number of hydrogen-bond acceptors (Lipinski definition) is 4. The number of aromatic nitrogens is 2. The Morgan fingerprint density at radius 1 is 0.929 bits per heavy atom. The number of rotatable bonds is 3. The summed E-state index contributed by atoms with van der Waals surface area (Å²) in [5.74, 6) is -1.01. The maximum atomic E-state index is 12.7. The first kappa shape index (κ1) is 19.3. The van der Waals surface area contributed by atoms with E-state index in [0.717, 1.165) is 11.1 Å². The first-order valence-corrected chi connectivity index (χ1v) is 8.99. The van der Waals surface area contributed by atoms with Crippen LogP contribution in [0.1, 0.15) is 51.9 Å².